The maximum absolute atomic E-state index is 12.3. The van der Waals surface area contributed by atoms with Crippen LogP contribution in [-0.4, -0.2) is 35.5 Å². The molecule has 0 aliphatic heterocycles. The molecule has 0 heterocycles. The number of aliphatic carboxylic acids is 1. The Labute approximate surface area is 133 Å². The van der Waals surface area contributed by atoms with Gasteiger partial charge in [-0.2, -0.15) is 26.3 Å². The number of carboxylic acid groups (broad SMARTS) is 1. The van der Waals surface area contributed by atoms with Crippen molar-refractivity contribution >= 4 is 11.9 Å². The first-order valence-corrected chi connectivity index (χ1v) is 7.05. The number of rotatable bonds is 3. The van der Waals surface area contributed by atoms with Crippen molar-refractivity contribution < 1.29 is 45.8 Å². The molecule has 0 spiro atoms. The lowest BCUT2D eigenvalue weighted by molar-refractivity contribution is -0.314. The lowest BCUT2D eigenvalue weighted by Crippen LogP contribution is -2.46. The molecular formula is C14H16F6O4. The van der Waals surface area contributed by atoms with Gasteiger partial charge in [0.2, 0.25) is 0 Å². The van der Waals surface area contributed by atoms with Crippen LogP contribution >= 0.6 is 0 Å². The summed E-state index contributed by atoms with van der Waals surface area (Å²) >= 11 is 0. The van der Waals surface area contributed by atoms with Crippen LogP contribution in [0.4, 0.5) is 26.3 Å². The molecule has 24 heavy (non-hydrogen) atoms. The minimum atomic E-state index is -5.63. The quantitative estimate of drug-likeness (QED) is 0.472. The highest BCUT2D eigenvalue weighted by Crippen LogP contribution is 2.49. The van der Waals surface area contributed by atoms with E-state index in [1.54, 1.807) is 0 Å². The van der Waals surface area contributed by atoms with Gasteiger partial charge in [-0.05, 0) is 31.1 Å². The maximum Gasteiger partial charge on any atom is 0.434 e. The Hall–Kier alpha value is -1.74. The van der Waals surface area contributed by atoms with E-state index >= 15 is 0 Å². The van der Waals surface area contributed by atoms with Crippen molar-refractivity contribution in [3.63, 3.8) is 0 Å². The molecule has 2 saturated carbocycles. The van der Waals surface area contributed by atoms with E-state index in [2.05, 4.69) is 11.3 Å². The van der Waals surface area contributed by atoms with E-state index in [1.807, 2.05) is 0 Å². The number of hydrogen-bond donors (Lipinski definition) is 1. The summed E-state index contributed by atoms with van der Waals surface area (Å²) in [6, 6.07) is 0. The predicted octanol–water partition coefficient (Wildman–Crippen LogP) is 3.72. The SMILES string of the molecule is C=CC(=O)O.O=C(OC(C(F)(F)F)C(F)(F)F)C1CC2CCC1C2. The summed E-state index contributed by atoms with van der Waals surface area (Å²) in [5.74, 6) is -3.06. The number of carboxylic acids is 1. The molecule has 2 bridgehead atoms. The van der Waals surface area contributed by atoms with Gasteiger partial charge in [-0.1, -0.05) is 13.0 Å². The molecule has 10 heteroatoms. The van der Waals surface area contributed by atoms with E-state index in [0.717, 1.165) is 12.5 Å². The Morgan fingerprint density at radius 1 is 1.08 bits per heavy atom. The third kappa shape index (κ3) is 5.41. The molecule has 2 aliphatic carbocycles. The lowest BCUT2D eigenvalue weighted by Gasteiger charge is -2.26. The van der Waals surface area contributed by atoms with Crippen molar-refractivity contribution in [1.82, 2.24) is 0 Å². The van der Waals surface area contributed by atoms with Crippen molar-refractivity contribution in [1.29, 1.82) is 0 Å². The first-order valence-electron chi connectivity index (χ1n) is 7.05. The minimum Gasteiger partial charge on any atom is -0.478 e. The van der Waals surface area contributed by atoms with Crippen molar-refractivity contribution in [2.24, 2.45) is 17.8 Å². The third-order valence-corrected chi connectivity index (χ3v) is 4.04. The van der Waals surface area contributed by atoms with Gasteiger partial charge in [0.1, 0.15) is 0 Å². The molecule has 0 saturated heterocycles. The van der Waals surface area contributed by atoms with Gasteiger partial charge in [0.25, 0.3) is 6.10 Å². The van der Waals surface area contributed by atoms with Crippen LogP contribution in [0.15, 0.2) is 12.7 Å². The number of halogens is 6. The molecule has 0 radical (unpaired) electrons. The fourth-order valence-corrected chi connectivity index (χ4v) is 3.06. The predicted molar refractivity (Wildman–Crippen MR) is 68.8 cm³/mol. The van der Waals surface area contributed by atoms with E-state index < -0.39 is 36.3 Å². The smallest absolute Gasteiger partial charge is 0.434 e. The number of hydrogen-bond acceptors (Lipinski definition) is 3. The van der Waals surface area contributed by atoms with Crippen LogP contribution in [0.25, 0.3) is 0 Å². The van der Waals surface area contributed by atoms with Crippen LogP contribution in [0.3, 0.4) is 0 Å². The van der Waals surface area contributed by atoms with Crippen LogP contribution < -0.4 is 0 Å². The summed E-state index contributed by atoms with van der Waals surface area (Å²) < 4.78 is 77.3. The fourth-order valence-electron chi connectivity index (χ4n) is 3.06. The van der Waals surface area contributed by atoms with Gasteiger partial charge in [0.05, 0.1) is 5.92 Å². The first kappa shape index (κ1) is 20.3. The topological polar surface area (TPSA) is 63.6 Å². The summed E-state index contributed by atoms with van der Waals surface area (Å²) in [6.45, 7) is 2.96. The lowest BCUT2D eigenvalue weighted by atomic mass is 9.89. The standard InChI is InChI=1S/C11H12F6O2.C3H4O2/c12-10(13,14)9(11(15,16)17)19-8(18)7-4-5-1-2-6(7)3-5;1-2-3(4)5/h5-7,9H,1-4H2;2H,1H2,(H,4,5). The van der Waals surface area contributed by atoms with Gasteiger partial charge >= 0.3 is 24.3 Å². The normalized spacial score (nSPS) is 25.9. The molecule has 0 amide bonds. The van der Waals surface area contributed by atoms with Gasteiger partial charge < -0.3 is 9.84 Å². The molecule has 3 unspecified atom stereocenters. The van der Waals surface area contributed by atoms with Crippen LogP contribution in [0, 0.1) is 17.8 Å². The van der Waals surface area contributed by atoms with E-state index in [1.165, 1.54) is 0 Å². The van der Waals surface area contributed by atoms with E-state index in [9.17, 15) is 35.9 Å². The van der Waals surface area contributed by atoms with Crippen molar-refractivity contribution in [3.05, 3.63) is 12.7 Å². The maximum atomic E-state index is 12.3. The van der Waals surface area contributed by atoms with E-state index in [0.29, 0.717) is 19.3 Å². The average molecular weight is 362 g/mol. The summed E-state index contributed by atoms with van der Waals surface area (Å²) in [5, 5.41) is 7.60. The van der Waals surface area contributed by atoms with Crippen molar-refractivity contribution in [2.45, 2.75) is 44.1 Å². The first-order chi connectivity index (χ1) is 10.9. The molecule has 2 rings (SSSR count). The zero-order valence-corrected chi connectivity index (χ0v) is 12.4. The molecule has 138 valence electrons. The zero-order valence-electron chi connectivity index (χ0n) is 12.4. The molecule has 0 aromatic rings. The summed E-state index contributed by atoms with van der Waals surface area (Å²) in [6.07, 6.45) is -11.9. The van der Waals surface area contributed by atoms with Crippen LogP contribution in [-0.2, 0) is 14.3 Å². The molecule has 3 atom stereocenters. The van der Waals surface area contributed by atoms with Gasteiger partial charge in [-0.25, -0.2) is 4.79 Å². The molecule has 2 fully saturated rings. The Morgan fingerprint density at radius 3 is 1.88 bits per heavy atom. The molecule has 0 aromatic heterocycles. The largest absolute Gasteiger partial charge is 0.478 e. The number of alkyl halides is 6. The minimum absolute atomic E-state index is 0.125. The van der Waals surface area contributed by atoms with E-state index in [-0.39, 0.29) is 11.8 Å². The highest BCUT2D eigenvalue weighted by molar-refractivity contribution is 5.78. The van der Waals surface area contributed by atoms with Crippen molar-refractivity contribution in [2.75, 3.05) is 0 Å². The monoisotopic (exact) mass is 362 g/mol. The Kier molecular flexibility index (Phi) is 6.29. The van der Waals surface area contributed by atoms with Crippen molar-refractivity contribution in [3.8, 4) is 0 Å². The van der Waals surface area contributed by atoms with Gasteiger partial charge in [-0.15, -0.1) is 0 Å². The highest BCUT2D eigenvalue weighted by atomic mass is 19.4. The van der Waals surface area contributed by atoms with Crippen LogP contribution in [0.2, 0.25) is 0 Å². The molecule has 1 N–H and O–H groups in total. The zero-order chi connectivity index (χ0) is 18.7. The second kappa shape index (κ2) is 7.43. The average Bonchev–Trinajstić information content (AvgIpc) is 3.05. The number of carbonyl (C=O) groups excluding carboxylic acids is 1. The molecule has 0 aromatic carbocycles. The number of ether oxygens (including phenoxy) is 1. The van der Waals surface area contributed by atoms with Gasteiger partial charge in [0.15, 0.2) is 0 Å². The second-order valence-corrected chi connectivity index (χ2v) is 5.72. The Balaban J connectivity index is 0.000000505. The Bertz CT molecular complexity index is 471. The second-order valence-electron chi connectivity index (χ2n) is 5.72. The molecule has 2 aliphatic rings. The number of fused-ring (bicyclic) bond motifs is 2. The van der Waals surface area contributed by atoms with Crippen LogP contribution in [0.1, 0.15) is 25.7 Å². The third-order valence-electron chi connectivity index (χ3n) is 4.04. The molecular weight excluding hydrogens is 346 g/mol. The van der Waals surface area contributed by atoms with Gasteiger partial charge in [0, 0.05) is 6.08 Å². The highest BCUT2D eigenvalue weighted by Gasteiger charge is 2.60. The van der Waals surface area contributed by atoms with E-state index in [4.69, 9.17) is 5.11 Å². The summed E-state index contributed by atoms with van der Waals surface area (Å²) in [4.78, 5) is 20.8. The van der Waals surface area contributed by atoms with Crippen LogP contribution in [0.5, 0.6) is 0 Å². The molecule has 4 nitrogen and oxygen atoms in total. The summed E-state index contributed by atoms with van der Waals surface area (Å²) in [7, 11) is 0. The Morgan fingerprint density at radius 2 is 1.58 bits per heavy atom. The number of esters is 1. The van der Waals surface area contributed by atoms with Gasteiger partial charge in [-0.3, -0.25) is 4.79 Å². The number of carbonyl (C=O) groups is 2. The summed E-state index contributed by atoms with van der Waals surface area (Å²) in [5.41, 5.74) is 0. The fraction of sp³-hybridized carbons (Fsp3) is 0.714.